The highest BCUT2D eigenvalue weighted by atomic mass is 32.1. The lowest BCUT2D eigenvalue weighted by molar-refractivity contribution is -0.117. The van der Waals surface area contributed by atoms with Gasteiger partial charge in [0.05, 0.1) is 6.04 Å². The third-order valence-corrected chi connectivity index (χ3v) is 3.27. The second kappa shape index (κ2) is 6.28. The molecule has 0 saturated heterocycles. The second-order valence-electron chi connectivity index (χ2n) is 3.96. The van der Waals surface area contributed by atoms with Crippen molar-refractivity contribution in [2.75, 3.05) is 5.32 Å². The van der Waals surface area contributed by atoms with Crippen molar-refractivity contribution in [3.8, 4) is 0 Å². The maximum Gasteiger partial charge on any atom is 0.243 e. The monoisotopic (exact) mass is 261 g/mol. The largest absolute Gasteiger partial charge is 0.320 e. The van der Waals surface area contributed by atoms with Gasteiger partial charge in [-0.25, -0.2) is 4.98 Å². The van der Waals surface area contributed by atoms with Gasteiger partial charge in [-0.2, -0.15) is 0 Å². The molecule has 1 aromatic carbocycles. The first-order valence-electron chi connectivity index (χ1n) is 5.75. The number of benzene rings is 1. The van der Waals surface area contributed by atoms with Gasteiger partial charge in [0, 0.05) is 11.6 Å². The zero-order chi connectivity index (χ0) is 12.8. The molecule has 1 aromatic heterocycles. The number of carbonyl (C=O) groups is 1. The van der Waals surface area contributed by atoms with E-state index in [9.17, 15) is 4.79 Å². The van der Waals surface area contributed by atoms with Gasteiger partial charge in [-0.1, -0.05) is 30.3 Å². The first kappa shape index (κ1) is 12.7. The number of hydrogen-bond donors (Lipinski definition) is 2. The topological polar surface area (TPSA) is 68.0 Å². The number of anilines is 1. The summed E-state index contributed by atoms with van der Waals surface area (Å²) in [5.41, 5.74) is 7.04. The van der Waals surface area contributed by atoms with E-state index in [4.69, 9.17) is 5.73 Å². The predicted octanol–water partition coefficient (Wildman–Crippen LogP) is 2.04. The number of aromatic nitrogens is 1. The fourth-order valence-electron chi connectivity index (χ4n) is 1.58. The van der Waals surface area contributed by atoms with Crippen molar-refractivity contribution >= 4 is 22.4 Å². The van der Waals surface area contributed by atoms with E-state index in [0.717, 1.165) is 6.42 Å². The first-order chi connectivity index (χ1) is 8.75. The molecule has 5 heteroatoms. The van der Waals surface area contributed by atoms with Crippen LogP contribution < -0.4 is 11.1 Å². The van der Waals surface area contributed by atoms with Crippen LogP contribution in [0.3, 0.4) is 0 Å². The summed E-state index contributed by atoms with van der Waals surface area (Å²) < 4.78 is 0. The molecule has 0 saturated carbocycles. The van der Waals surface area contributed by atoms with Crippen molar-refractivity contribution in [3.05, 3.63) is 47.5 Å². The van der Waals surface area contributed by atoms with Gasteiger partial charge in [-0.15, -0.1) is 11.3 Å². The molecule has 3 N–H and O–H groups in total. The van der Waals surface area contributed by atoms with E-state index < -0.39 is 6.04 Å². The normalized spacial score (nSPS) is 12.1. The summed E-state index contributed by atoms with van der Waals surface area (Å²) in [6.45, 7) is 0. The van der Waals surface area contributed by atoms with Gasteiger partial charge in [0.15, 0.2) is 5.13 Å². The van der Waals surface area contributed by atoms with E-state index in [1.807, 2.05) is 35.7 Å². The van der Waals surface area contributed by atoms with Gasteiger partial charge in [-0.3, -0.25) is 4.79 Å². The van der Waals surface area contributed by atoms with E-state index in [1.54, 1.807) is 6.20 Å². The van der Waals surface area contributed by atoms with Crippen molar-refractivity contribution in [3.63, 3.8) is 0 Å². The van der Waals surface area contributed by atoms with Gasteiger partial charge in [0.25, 0.3) is 0 Å². The summed E-state index contributed by atoms with van der Waals surface area (Å²) in [6.07, 6.45) is 3.07. The molecule has 0 radical (unpaired) electrons. The Bertz CT molecular complexity index is 484. The zero-order valence-electron chi connectivity index (χ0n) is 9.87. The number of amides is 1. The molecule has 0 spiro atoms. The maximum atomic E-state index is 11.8. The third-order valence-electron chi connectivity index (χ3n) is 2.59. The third kappa shape index (κ3) is 3.65. The molecule has 0 aliphatic carbocycles. The Morgan fingerprint density at radius 2 is 2.17 bits per heavy atom. The van der Waals surface area contributed by atoms with Crippen molar-refractivity contribution in [2.45, 2.75) is 18.9 Å². The summed E-state index contributed by atoms with van der Waals surface area (Å²) in [7, 11) is 0. The van der Waals surface area contributed by atoms with Crippen LogP contribution in [-0.2, 0) is 11.2 Å². The quantitative estimate of drug-likeness (QED) is 0.865. The van der Waals surface area contributed by atoms with Crippen LogP contribution in [0.15, 0.2) is 41.9 Å². The van der Waals surface area contributed by atoms with E-state index >= 15 is 0 Å². The number of thiazole rings is 1. The van der Waals surface area contributed by atoms with Gasteiger partial charge in [0.2, 0.25) is 5.91 Å². The molecule has 0 aliphatic rings. The van der Waals surface area contributed by atoms with Crippen LogP contribution in [0.2, 0.25) is 0 Å². The fraction of sp³-hybridized carbons (Fsp3) is 0.231. The molecule has 2 rings (SSSR count). The average Bonchev–Trinajstić information content (AvgIpc) is 2.90. The molecule has 1 amide bonds. The highest BCUT2D eigenvalue weighted by molar-refractivity contribution is 7.13. The van der Waals surface area contributed by atoms with Crippen molar-refractivity contribution in [2.24, 2.45) is 5.73 Å². The Morgan fingerprint density at radius 1 is 1.39 bits per heavy atom. The highest BCUT2D eigenvalue weighted by Gasteiger charge is 2.14. The average molecular weight is 261 g/mol. The molecular formula is C13H15N3OS. The molecular weight excluding hydrogens is 246 g/mol. The lowest BCUT2D eigenvalue weighted by atomic mass is 10.1. The van der Waals surface area contributed by atoms with E-state index in [-0.39, 0.29) is 5.91 Å². The number of carbonyl (C=O) groups excluding carboxylic acids is 1. The molecule has 94 valence electrons. The number of hydrogen-bond acceptors (Lipinski definition) is 4. The van der Waals surface area contributed by atoms with E-state index in [0.29, 0.717) is 11.6 Å². The molecule has 1 heterocycles. The molecule has 0 fully saturated rings. The number of aryl methyl sites for hydroxylation is 1. The van der Waals surface area contributed by atoms with Gasteiger partial charge < -0.3 is 11.1 Å². The first-order valence-corrected chi connectivity index (χ1v) is 6.63. The standard InChI is InChI=1S/C13H15N3OS/c14-11(7-6-10-4-2-1-3-5-10)12(17)16-13-15-8-9-18-13/h1-5,8-9,11H,6-7,14H2,(H,15,16,17)/t11-/m1/s1. The Labute approximate surface area is 110 Å². The zero-order valence-corrected chi connectivity index (χ0v) is 10.7. The van der Waals surface area contributed by atoms with Crippen LogP contribution in [-0.4, -0.2) is 16.9 Å². The molecule has 18 heavy (non-hydrogen) atoms. The maximum absolute atomic E-state index is 11.8. The predicted molar refractivity (Wildman–Crippen MR) is 73.5 cm³/mol. The second-order valence-corrected chi connectivity index (χ2v) is 4.85. The smallest absolute Gasteiger partial charge is 0.243 e. The summed E-state index contributed by atoms with van der Waals surface area (Å²) >= 11 is 1.38. The molecule has 1 atom stereocenters. The summed E-state index contributed by atoms with van der Waals surface area (Å²) in [5, 5.41) is 5.10. The van der Waals surface area contributed by atoms with Crippen LogP contribution in [0.1, 0.15) is 12.0 Å². The number of nitrogens with zero attached hydrogens (tertiary/aromatic N) is 1. The van der Waals surface area contributed by atoms with Crippen LogP contribution in [0.5, 0.6) is 0 Å². The lowest BCUT2D eigenvalue weighted by Crippen LogP contribution is -2.35. The Hall–Kier alpha value is -1.72. The van der Waals surface area contributed by atoms with E-state index in [1.165, 1.54) is 16.9 Å². The Kier molecular flexibility index (Phi) is 4.44. The molecule has 4 nitrogen and oxygen atoms in total. The van der Waals surface area contributed by atoms with Crippen LogP contribution in [0.25, 0.3) is 0 Å². The fourth-order valence-corrected chi connectivity index (χ4v) is 2.11. The highest BCUT2D eigenvalue weighted by Crippen LogP contribution is 2.11. The molecule has 0 unspecified atom stereocenters. The molecule has 0 bridgehead atoms. The van der Waals surface area contributed by atoms with Crippen LogP contribution in [0.4, 0.5) is 5.13 Å². The van der Waals surface area contributed by atoms with Crippen molar-refractivity contribution < 1.29 is 4.79 Å². The van der Waals surface area contributed by atoms with Crippen LogP contribution >= 0.6 is 11.3 Å². The number of nitrogens with one attached hydrogen (secondary N) is 1. The summed E-state index contributed by atoms with van der Waals surface area (Å²) in [5.74, 6) is -0.180. The number of nitrogens with two attached hydrogens (primary N) is 1. The Balaban J connectivity index is 1.81. The van der Waals surface area contributed by atoms with Gasteiger partial charge in [-0.05, 0) is 18.4 Å². The summed E-state index contributed by atoms with van der Waals surface area (Å²) in [4.78, 5) is 15.8. The summed E-state index contributed by atoms with van der Waals surface area (Å²) in [6, 6.07) is 9.50. The van der Waals surface area contributed by atoms with Gasteiger partial charge >= 0.3 is 0 Å². The minimum Gasteiger partial charge on any atom is -0.320 e. The SMILES string of the molecule is N[C@H](CCc1ccccc1)C(=O)Nc1nccs1. The minimum absolute atomic E-state index is 0.180. The van der Waals surface area contributed by atoms with Crippen molar-refractivity contribution in [1.29, 1.82) is 0 Å². The van der Waals surface area contributed by atoms with Crippen LogP contribution in [0, 0.1) is 0 Å². The molecule has 0 aliphatic heterocycles. The number of rotatable bonds is 5. The minimum atomic E-state index is -0.505. The van der Waals surface area contributed by atoms with E-state index in [2.05, 4.69) is 10.3 Å². The van der Waals surface area contributed by atoms with Crippen molar-refractivity contribution in [1.82, 2.24) is 4.98 Å². The lowest BCUT2D eigenvalue weighted by Gasteiger charge is -2.10. The van der Waals surface area contributed by atoms with Gasteiger partial charge in [0.1, 0.15) is 0 Å². The Morgan fingerprint density at radius 3 is 2.83 bits per heavy atom. The molecule has 2 aromatic rings.